The molecule has 1 fully saturated rings. The average Bonchev–Trinajstić information content (AvgIpc) is 2.47. The smallest absolute Gasteiger partial charge is 0.314 e. The van der Waals surface area contributed by atoms with E-state index in [1.165, 1.54) is 12.1 Å². The molecule has 2 N–H and O–H groups in total. The van der Waals surface area contributed by atoms with Gasteiger partial charge in [-0.1, -0.05) is 12.1 Å². The first-order valence-corrected chi connectivity index (χ1v) is 8.38. The molecule has 0 bridgehead atoms. The maximum absolute atomic E-state index is 12.9. The Morgan fingerprint density at radius 1 is 1.18 bits per heavy atom. The number of hydrogen-bond donors (Lipinski definition) is 2. The van der Waals surface area contributed by atoms with E-state index in [2.05, 4.69) is 14.9 Å². The molecular weight excluding hydrogens is 319 g/mol. The van der Waals surface area contributed by atoms with Crippen LogP contribution in [-0.2, 0) is 16.2 Å². The van der Waals surface area contributed by atoms with E-state index in [0.717, 1.165) is 38.3 Å². The zero-order chi connectivity index (χ0) is 16.2. The van der Waals surface area contributed by atoms with E-state index in [9.17, 15) is 21.6 Å². The molecular formula is C13H18F3N3O2S. The Hall–Kier alpha value is -1.16. The zero-order valence-corrected chi connectivity index (χ0v) is 12.7. The number of nitrogens with one attached hydrogen (secondary N) is 2. The van der Waals surface area contributed by atoms with Gasteiger partial charge in [0.25, 0.3) is 0 Å². The van der Waals surface area contributed by atoms with Gasteiger partial charge < -0.3 is 5.32 Å². The molecule has 1 heterocycles. The van der Waals surface area contributed by atoms with Gasteiger partial charge in [0.1, 0.15) is 0 Å². The number of hydrogen-bond acceptors (Lipinski definition) is 4. The summed E-state index contributed by atoms with van der Waals surface area (Å²) in [6.07, 6.45) is -4.70. The molecule has 1 aromatic carbocycles. The molecule has 0 saturated carbocycles. The molecule has 5 nitrogen and oxygen atoms in total. The molecule has 0 spiro atoms. The highest BCUT2D eigenvalue weighted by Crippen LogP contribution is 2.33. The minimum absolute atomic E-state index is 0.0779. The molecule has 0 aromatic heterocycles. The normalized spacial score (nSPS) is 17.6. The molecule has 1 saturated heterocycles. The predicted molar refractivity (Wildman–Crippen MR) is 75.9 cm³/mol. The highest BCUT2D eigenvalue weighted by molar-refractivity contribution is 7.89. The molecule has 2 rings (SSSR count). The largest absolute Gasteiger partial charge is 0.417 e. The lowest BCUT2D eigenvalue weighted by molar-refractivity contribution is -0.139. The van der Waals surface area contributed by atoms with Crippen LogP contribution in [0.2, 0.25) is 0 Å². The van der Waals surface area contributed by atoms with Crippen LogP contribution in [0.3, 0.4) is 0 Å². The molecule has 0 atom stereocenters. The highest BCUT2D eigenvalue weighted by Gasteiger charge is 2.36. The summed E-state index contributed by atoms with van der Waals surface area (Å²) < 4.78 is 65.1. The summed E-state index contributed by atoms with van der Waals surface area (Å²) in [5.41, 5.74) is -1.15. The first-order chi connectivity index (χ1) is 10.3. The van der Waals surface area contributed by atoms with Gasteiger partial charge in [0.15, 0.2) is 0 Å². The molecule has 124 valence electrons. The Labute approximate surface area is 127 Å². The summed E-state index contributed by atoms with van der Waals surface area (Å²) >= 11 is 0. The lowest BCUT2D eigenvalue weighted by atomic mass is 10.2. The van der Waals surface area contributed by atoms with E-state index in [4.69, 9.17) is 0 Å². The number of halogens is 3. The van der Waals surface area contributed by atoms with Gasteiger partial charge >= 0.3 is 6.18 Å². The van der Waals surface area contributed by atoms with Crippen molar-refractivity contribution >= 4 is 10.0 Å². The molecule has 0 radical (unpaired) electrons. The number of nitrogens with zero attached hydrogens (tertiary/aromatic N) is 1. The molecule has 9 heteroatoms. The van der Waals surface area contributed by atoms with Crippen LogP contribution in [-0.4, -0.2) is 52.6 Å². The van der Waals surface area contributed by atoms with E-state index < -0.39 is 26.7 Å². The SMILES string of the molecule is O=S(=O)(NCCN1CCNCC1)c1ccccc1C(F)(F)F. The molecule has 0 amide bonds. The first kappa shape index (κ1) is 17.2. The molecule has 0 aliphatic carbocycles. The standard InChI is InChI=1S/C13H18F3N3O2S/c14-13(15,16)11-3-1-2-4-12(11)22(20,21)18-7-10-19-8-5-17-6-9-19/h1-4,17-18H,5-10H2. The van der Waals surface area contributed by atoms with Crippen molar-refractivity contribution in [3.8, 4) is 0 Å². The van der Waals surface area contributed by atoms with Crippen molar-refractivity contribution in [1.29, 1.82) is 0 Å². The van der Waals surface area contributed by atoms with Gasteiger partial charge in [0, 0.05) is 39.3 Å². The Morgan fingerprint density at radius 2 is 1.82 bits per heavy atom. The van der Waals surface area contributed by atoms with Crippen molar-refractivity contribution in [2.45, 2.75) is 11.1 Å². The Bertz CT molecular complexity index is 599. The second-order valence-corrected chi connectivity index (χ2v) is 6.72. The minimum Gasteiger partial charge on any atom is -0.314 e. The molecule has 1 aliphatic rings. The van der Waals surface area contributed by atoms with Crippen molar-refractivity contribution in [3.63, 3.8) is 0 Å². The van der Waals surface area contributed by atoms with Crippen LogP contribution < -0.4 is 10.0 Å². The summed E-state index contributed by atoms with van der Waals surface area (Å²) in [5.74, 6) is 0. The van der Waals surface area contributed by atoms with Crippen LogP contribution in [0, 0.1) is 0 Å². The van der Waals surface area contributed by atoms with E-state index in [1.54, 1.807) is 0 Å². The van der Waals surface area contributed by atoms with Crippen LogP contribution >= 0.6 is 0 Å². The third-order valence-corrected chi connectivity index (χ3v) is 4.93. The maximum atomic E-state index is 12.9. The van der Waals surface area contributed by atoms with Crippen molar-refractivity contribution < 1.29 is 21.6 Å². The van der Waals surface area contributed by atoms with E-state index in [0.29, 0.717) is 6.54 Å². The van der Waals surface area contributed by atoms with Gasteiger partial charge in [0.2, 0.25) is 10.0 Å². The van der Waals surface area contributed by atoms with Crippen LogP contribution in [0.1, 0.15) is 5.56 Å². The van der Waals surface area contributed by atoms with Gasteiger partial charge in [-0.25, -0.2) is 13.1 Å². The van der Waals surface area contributed by atoms with Gasteiger partial charge in [-0.2, -0.15) is 13.2 Å². The molecule has 1 aromatic rings. The topological polar surface area (TPSA) is 61.4 Å². The van der Waals surface area contributed by atoms with E-state index in [-0.39, 0.29) is 6.54 Å². The van der Waals surface area contributed by atoms with Gasteiger partial charge in [-0.05, 0) is 12.1 Å². The zero-order valence-electron chi connectivity index (χ0n) is 11.9. The van der Waals surface area contributed by atoms with Crippen LogP contribution in [0.25, 0.3) is 0 Å². The van der Waals surface area contributed by atoms with Crippen molar-refractivity contribution in [1.82, 2.24) is 14.9 Å². The fourth-order valence-corrected chi connectivity index (χ4v) is 3.53. The predicted octanol–water partition coefficient (Wildman–Crippen LogP) is 0.889. The summed E-state index contributed by atoms with van der Waals surface area (Å²) in [5, 5.41) is 3.17. The fourth-order valence-electron chi connectivity index (χ4n) is 2.29. The molecule has 1 aliphatic heterocycles. The summed E-state index contributed by atoms with van der Waals surface area (Å²) in [6, 6.07) is 4.18. The summed E-state index contributed by atoms with van der Waals surface area (Å²) in [6.45, 7) is 3.78. The molecule has 0 unspecified atom stereocenters. The van der Waals surface area contributed by atoms with Crippen LogP contribution in [0.15, 0.2) is 29.2 Å². The van der Waals surface area contributed by atoms with Crippen molar-refractivity contribution in [2.75, 3.05) is 39.3 Å². The third-order valence-electron chi connectivity index (χ3n) is 3.41. The lowest BCUT2D eigenvalue weighted by Gasteiger charge is -2.27. The van der Waals surface area contributed by atoms with Gasteiger partial charge in [0.05, 0.1) is 10.5 Å². The number of alkyl halides is 3. The van der Waals surface area contributed by atoms with E-state index >= 15 is 0 Å². The number of rotatable bonds is 5. The Morgan fingerprint density at radius 3 is 2.45 bits per heavy atom. The Balaban J connectivity index is 2.04. The molecule has 22 heavy (non-hydrogen) atoms. The second kappa shape index (κ2) is 6.95. The van der Waals surface area contributed by atoms with Crippen molar-refractivity contribution in [3.05, 3.63) is 29.8 Å². The number of sulfonamides is 1. The minimum atomic E-state index is -4.70. The number of benzene rings is 1. The Kier molecular flexibility index (Phi) is 5.43. The maximum Gasteiger partial charge on any atom is 0.417 e. The van der Waals surface area contributed by atoms with Gasteiger partial charge in [-0.15, -0.1) is 0 Å². The quantitative estimate of drug-likeness (QED) is 0.838. The second-order valence-electron chi connectivity index (χ2n) is 4.98. The monoisotopic (exact) mass is 337 g/mol. The van der Waals surface area contributed by atoms with Crippen LogP contribution in [0.5, 0.6) is 0 Å². The number of piperazine rings is 1. The van der Waals surface area contributed by atoms with E-state index in [1.807, 2.05) is 0 Å². The lowest BCUT2D eigenvalue weighted by Crippen LogP contribution is -2.46. The van der Waals surface area contributed by atoms with Crippen LogP contribution in [0.4, 0.5) is 13.2 Å². The first-order valence-electron chi connectivity index (χ1n) is 6.90. The summed E-state index contributed by atoms with van der Waals surface area (Å²) in [4.78, 5) is 1.32. The fraction of sp³-hybridized carbons (Fsp3) is 0.538. The van der Waals surface area contributed by atoms with Crippen molar-refractivity contribution in [2.24, 2.45) is 0 Å². The highest BCUT2D eigenvalue weighted by atomic mass is 32.2. The van der Waals surface area contributed by atoms with Gasteiger partial charge in [-0.3, -0.25) is 4.90 Å². The average molecular weight is 337 g/mol. The third kappa shape index (κ3) is 4.42. The summed E-state index contributed by atoms with van der Waals surface area (Å²) in [7, 11) is -4.19.